The van der Waals surface area contributed by atoms with Crippen LogP contribution in [0.3, 0.4) is 0 Å². The van der Waals surface area contributed by atoms with Crippen LogP contribution < -0.4 is 14.8 Å². The summed E-state index contributed by atoms with van der Waals surface area (Å²) >= 11 is 0. The van der Waals surface area contributed by atoms with E-state index >= 15 is 0 Å². The molecular formula is C30H35F3N2O7. The Morgan fingerprint density at radius 3 is 2.40 bits per heavy atom. The fraction of sp³-hybridized carbons (Fsp3) is 0.467. The molecule has 2 aromatic carbocycles. The average molecular weight is 593 g/mol. The molecule has 4 rings (SSSR count). The van der Waals surface area contributed by atoms with Crippen molar-refractivity contribution < 1.29 is 47.6 Å². The monoisotopic (exact) mass is 592 g/mol. The maximum absolute atomic E-state index is 13.8. The molecule has 2 aliphatic rings. The number of alkyl halides is 3. The first kappa shape index (κ1) is 31.3. The highest BCUT2D eigenvalue weighted by Crippen LogP contribution is 2.51. The van der Waals surface area contributed by atoms with E-state index in [0.717, 1.165) is 24.3 Å². The summed E-state index contributed by atoms with van der Waals surface area (Å²) in [6.45, 7) is 3.35. The third kappa shape index (κ3) is 6.25. The summed E-state index contributed by atoms with van der Waals surface area (Å²) < 4.78 is 51.1. The summed E-state index contributed by atoms with van der Waals surface area (Å²) in [6.07, 6.45) is -4.95. The first-order chi connectivity index (χ1) is 19.9. The number of hydrogen-bond donors (Lipinski definition) is 4. The molecule has 0 bridgehead atoms. The molecule has 0 saturated heterocycles. The second kappa shape index (κ2) is 12.7. The lowest BCUT2D eigenvalue weighted by Gasteiger charge is -2.41. The van der Waals surface area contributed by atoms with Gasteiger partial charge in [-0.05, 0) is 60.4 Å². The third-order valence-electron chi connectivity index (χ3n) is 7.52. The molecular weight excluding hydrogens is 557 g/mol. The predicted octanol–water partition coefficient (Wildman–Crippen LogP) is 3.02. The molecule has 42 heavy (non-hydrogen) atoms. The zero-order valence-electron chi connectivity index (χ0n) is 23.5. The van der Waals surface area contributed by atoms with E-state index in [9.17, 15) is 38.1 Å². The molecule has 4 atom stereocenters. The van der Waals surface area contributed by atoms with Gasteiger partial charge in [0.15, 0.2) is 11.5 Å². The van der Waals surface area contributed by atoms with Crippen LogP contribution in [0, 0.1) is 5.92 Å². The molecule has 4 unspecified atom stereocenters. The lowest BCUT2D eigenvalue weighted by Crippen LogP contribution is -2.56. The number of nitrogens with one attached hydrogen (secondary N) is 1. The van der Waals surface area contributed by atoms with E-state index in [1.54, 1.807) is 12.1 Å². The van der Waals surface area contributed by atoms with Gasteiger partial charge in [0.25, 0.3) is 5.91 Å². The van der Waals surface area contributed by atoms with Crippen LogP contribution in [0.5, 0.6) is 11.5 Å². The molecule has 4 N–H and O–H groups in total. The normalized spacial score (nSPS) is 21.2. The second-order valence-electron chi connectivity index (χ2n) is 10.8. The molecule has 0 aromatic heterocycles. The predicted molar refractivity (Wildman–Crippen MR) is 146 cm³/mol. The summed E-state index contributed by atoms with van der Waals surface area (Å²) in [4.78, 5) is 28.6. The number of aliphatic hydroxyl groups is 3. The van der Waals surface area contributed by atoms with Crippen molar-refractivity contribution in [3.63, 3.8) is 0 Å². The van der Waals surface area contributed by atoms with Crippen molar-refractivity contribution in [2.24, 2.45) is 5.92 Å². The van der Waals surface area contributed by atoms with Gasteiger partial charge in [0.05, 0.1) is 37.8 Å². The molecule has 0 spiro atoms. The molecule has 1 heterocycles. The zero-order valence-corrected chi connectivity index (χ0v) is 23.5. The van der Waals surface area contributed by atoms with Gasteiger partial charge in [-0.15, -0.1) is 0 Å². The summed E-state index contributed by atoms with van der Waals surface area (Å²) in [7, 11) is 1.42. The van der Waals surface area contributed by atoms with Gasteiger partial charge in [-0.1, -0.05) is 13.8 Å². The Bertz CT molecular complexity index is 1330. The lowest BCUT2D eigenvalue weighted by atomic mass is 9.77. The Kier molecular flexibility index (Phi) is 9.49. The minimum absolute atomic E-state index is 0.00866. The number of halogens is 3. The minimum atomic E-state index is -4.57. The first-order valence-corrected chi connectivity index (χ1v) is 13.7. The maximum atomic E-state index is 13.8. The summed E-state index contributed by atoms with van der Waals surface area (Å²) in [5, 5.41) is 33.4. The molecule has 0 radical (unpaired) electrons. The molecule has 228 valence electrons. The van der Waals surface area contributed by atoms with Crippen LogP contribution in [0.1, 0.15) is 53.2 Å². The molecule has 1 aliphatic carbocycles. The molecule has 2 amide bonds. The summed E-state index contributed by atoms with van der Waals surface area (Å²) in [6, 6.07) is 6.00. The van der Waals surface area contributed by atoms with E-state index in [1.165, 1.54) is 18.1 Å². The van der Waals surface area contributed by atoms with Crippen molar-refractivity contribution >= 4 is 11.8 Å². The topological polar surface area (TPSA) is 129 Å². The van der Waals surface area contributed by atoms with Crippen LogP contribution in [-0.2, 0) is 17.6 Å². The Morgan fingerprint density at radius 1 is 1.14 bits per heavy atom. The molecule has 2 aromatic rings. The number of amides is 2. The minimum Gasteiger partial charge on any atom is -0.493 e. The van der Waals surface area contributed by atoms with Crippen molar-refractivity contribution in [1.82, 2.24) is 10.2 Å². The van der Waals surface area contributed by atoms with Crippen LogP contribution in [0.25, 0.3) is 0 Å². The van der Waals surface area contributed by atoms with Gasteiger partial charge in [0.2, 0.25) is 5.91 Å². The van der Waals surface area contributed by atoms with Crippen molar-refractivity contribution in [2.75, 3.05) is 26.8 Å². The van der Waals surface area contributed by atoms with Gasteiger partial charge in [-0.25, -0.2) is 0 Å². The van der Waals surface area contributed by atoms with Gasteiger partial charge < -0.3 is 35.0 Å². The van der Waals surface area contributed by atoms with Gasteiger partial charge in [-0.3, -0.25) is 9.59 Å². The second-order valence-corrected chi connectivity index (χ2v) is 10.8. The first-order valence-electron chi connectivity index (χ1n) is 13.7. The molecule has 12 heteroatoms. The number of hydrogen-bond acceptors (Lipinski definition) is 7. The number of methoxy groups -OCH3 is 1. The number of carbonyl (C=O) groups excluding carboxylic acids is 2. The number of fused-ring (bicyclic) bond motifs is 3. The fourth-order valence-electron chi connectivity index (χ4n) is 5.37. The van der Waals surface area contributed by atoms with Crippen LogP contribution >= 0.6 is 0 Å². The summed E-state index contributed by atoms with van der Waals surface area (Å²) in [5.74, 6) is -1.24. The van der Waals surface area contributed by atoms with Gasteiger partial charge in [0.1, 0.15) is 12.2 Å². The standard InChI is InChI=1S/C30H35F3N2O7/c1-16(2)8-10-35(29(40)18-4-6-19(7-5-18)30(31,32)33)22-14-21(28(39)34-9-11-36)24-20-12-17(15-37)13-23(41-3)26(20)42-27(24)25(22)38/h4-7,12-14,16,22,24-25,27,36-38H,8-11,15H2,1-3H3,(H,34,39). The smallest absolute Gasteiger partial charge is 0.416 e. The Hall–Kier alpha value is -3.61. The van der Waals surface area contributed by atoms with Crippen molar-refractivity contribution in [1.29, 1.82) is 0 Å². The average Bonchev–Trinajstić information content (AvgIpc) is 3.35. The maximum Gasteiger partial charge on any atom is 0.416 e. The number of nitrogens with zero attached hydrogens (tertiary/aromatic N) is 1. The molecule has 0 saturated carbocycles. The SMILES string of the molecule is COc1cc(CO)cc2c1OC1C2C(C(=O)NCCO)=CC(N(CCC(C)C)C(=O)c2ccc(C(F)(F)F)cc2)C1O. The van der Waals surface area contributed by atoms with E-state index in [4.69, 9.17) is 9.47 Å². The molecule has 1 aliphatic heterocycles. The van der Waals surface area contributed by atoms with Crippen molar-refractivity contribution in [2.45, 2.75) is 57.2 Å². The lowest BCUT2D eigenvalue weighted by molar-refractivity contribution is -0.137. The Labute approximate surface area is 241 Å². The highest BCUT2D eigenvalue weighted by atomic mass is 19.4. The van der Waals surface area contributed by atoms with Gasteiger partial charge >= 0.3 is 6.18 Å². The van der Waals surface area contributed by atoms with Crippen molar-refractivity contribution in [3.05, 3.63) is 70.3 Å². The zero-order chi connectivity index (χ0) is 30.8. The van der Waals surface area contributed by atoms with E-state index in [2.05, 4.69) is 5.32 Å². The van der Waals surface area contributed by atoms with Crippen LogP contribution in [0.2, 0.25) is 0 Å². The van der Waals surface area contributed by atoms with Gasteiger partial charge in [-0.2, -0.15) is 13.2 Å². The number of aliphatic hydroxyl groups excluding tert-OH is 3. The third-order valence-corrected chi connectivity index (χ3v) is 7.52. The van der Waals surface area contributed by atoms with E-state index in [1.807, 2.05) is 13.8 Å². The van der Waals surface area contributed by atoms with E-state index in [0.29, 0.717) is 23.3 Å². The summed E-state index contributed by atoms with van der Waals surface area (Å²) in [5.41, 5.74) is 0.274. The van der Waals surface area contributed by atoms with Gasteiger partial charge in [0, 0.05) is 29.8 Å². The quantitative estimate of drug-likeness (QED) is 0.334. The van der Waals surface area contributed by atoms with Crippen molar-refractivity contribution in [3.8, 4) is 11.5 Å². The Morgan fingerprint density at radius 2 is 1.83 bits per heavy atom. The number of ether oxygens (including phenoxy) is 2. The largest absolute Gasteiger partial charge is 0.493 e. The Balaban J connectivity index is 1.80. The van der Waals surface area contributed by atoms with E-state index in [-0.39, 0.29) is 49.1 Å². The number of carbonyl (C=O) groups is 2. The molecule has 0 fully saturated rings. The number of benzene rings is 2. The van der Waals surface area contributed by atoms with E-state index < -0.39 is 47.7 Å². The highest BCUT2D eigenvalue weighted by molar-refractivity contribution is 5.97. The van der Waals surface area contributed by atoms with Crippen LogP contribution in [0.15, 0.2) is 48.0 Å². The fourth-order valence-corrected chi connectivity index (χ4v) is 5.37. The van der Waals surface area contributed by atoms with Crippen LogP contribution in [-0.4, -0.2) is 77.1 Å². The molecule has 9 nitrogen and oxygen atoms in total. The highest BCUT2D eigenvalue weighted by Gasteiger charge is 2.51. The number of rotatable bonds is 10. The van der Waals surface area contributed by atoms with Crippen LogP contribution in [0.4, 0.5) is 13.2 Å².